The summed E-state index contributed by atoms with van der Waals surface area (Å²) in [6.45, 7) is 2.59. The molecule has 0 bridgehead atoms. The van der Waals surface area contributed by atoms with Crippen LogP contribution in [0, 0.1) is 0 Å². The van der Waals surface area contributed by atoms with Crippen molar-refractivity contribution in [2.24, 2.45) is 5.73 Å². The molecule has 2 fully saturated rings. The summed E-state index contributed by atoms with van der Waals surface area (Å²) in [5.74, 6) is -1.43. The van der Waals surface area contributed by atoms with Gasteiger partial charge in [-0.1, -0.05) is 48.5 Å². The van der Waals surface area contributed by atoms with E-state index in [1.165, 1.54) is 13.8 Å². The Labute approximate surface area is 208 Å². The molecule has 2 atom stereocenters. The number of benzene rings is 2. The van der Waals surface area contributed by atoms with Crippen LogP contribution in [-0.2, 0) is 15.0 Å². The Kier molecular flexibility index (Phi) is 6.92. The number of hydrogen-bond donors (Lipinski definition) is 4. The summed E-state index contributed by atoms with van der Waals surface area (Å²) in [4.78, 5) is 24.3. The number of carboxylic acid groups (broad SMARTS) is 1. The van der Waals surface area contributed by atoms with Crippen molar-refractivity contribution in [1.82, 2.24) is 10.6 Å². The molecule has 5 N–H and O–H groups in total. The van der Waals surface area contributed by atoms with Crippen molar-refractivity contribution in [2.45, 2.75) is 81.2 Å². The van der Waals surface area contributed by atoms with Crippen LogP contribution < -0.4 is 16.4 Å². The third-order valence-corrected chi connectivity index (χ3v) is 7.00. The summed E-state index contributed by atoms with van der Waals surface area (Å²) in [5.41, 5.74) is 5.15. The highest BCUT2D eigenvalue weighted by Gasteiger charge is 2.51. The van der Waals surface area contributed by atoms with Gasteiger partial charge < -0.3 is 16.2 Å². The Balaban J connectivity index is 1.50. The highest BCUT2D eigenvalue weighted by molar-refractivity contribution is 5.85. The Bertz CT molecular complexity index is 1110. The minimum absolute atomic E-state index is 0.261. The molecule has 1 amide bonds. The van der Waals surface area contributed by atoms with E-state index in [1.807, 2.05) is 12.1 Å². The number of rotatable bonds is 11. The molecule has 0 saturated heterocycles. The lowest BCUT2D eigenvalue weighted by atomic mass is 9.93. The first-order valence-corrected chi connectivity index (χ1v) is 12.1. The average molecular weight is 504 g/mol. The van der Waals surface area contributed by atoms with Crippen LogP contribution in [0.3, 0.4) is 0 Å². The van der Waals surface area contributed by atoms with Crippen LogP contribution in [0.15, 0.2) is 48.5 Å². The average Bonchev–Trinajstić information content (AvgIpc) is 3.73. The third kappa shape index (κ3) is 5.90. The van der Waals surface area contributed by atoms with E-state index in [4.69, 9.17) is 5.73 Å². The Hall–Kier alpha value is -2.91. The van der Waals surface area contributed by atoms with Crippen LogP contribution in [0.25, 0.3) is 11.1 Å². The van der Waals surface area contributed by atoms with E-state index in [1.54, 1.807) is 36.4 Å². The number of carboxylic acids is 1. The van der Waals surface area contributed by atoms with E-state index in [2.05, 4.69) is 10.6 Å². The number of carbonyl (C=O) groups excluding carboxylic acids is 1. The van der Waals surface area contributed by atoms with Gasteiger partial charge in [-0.05, 0) is 61.8 Å². The Morgan fingerprint density at radius 1 is 1.00 bits per heavy atom. The molecule has 2 aliphatic rings. The molecule has 2 aromatic carbocycles. The fourth-order valence-corrected chi connectivity index (χ4v) is 4.45. The first kappa shape index (κ1) is 26.2. The lowest BCUT2D eigenvalue weighted by molar-refractivity contribution is -0.140. The van der Waals surface area contributed by atoms with Crippen LogP contribution in [-0.4, -0.2) is 40.8 Å². The van der Waals surface area contributed by atoms with Crippen LogP contribution in [0.1, 0.15) is 63.1 Å². The van der Waals surface area contributed by atoms with Gasteiger partial charge in [-0.2, -0.15) is 0 Å². The zero-order chi connectivity index (χ0) is 26.3. The van der Waals surface area contributed by atoms with Crippen molar-refractivity contribution in [3.05, 3.63) is 59.7 Å². The zero-order valence-corrected chi connectivity index (χ0v) is 20.4. The van der Waals surface area contributed by atoms with Crippen molar-refractivity contribution in [3.8, 4) is 11.1 Å². The predicted octanol–water partition coefficient (Wildman–Crippen LogP) is 4.44. The number of nitrogens with two attached hydrogens (primary N) is 1. The number of halogens is 3. The Morgan fingerprint density at radius 2 is 1.53 bits per heavy atom. The molecule has 2 saturated carbocycles. The number of aliphatic carboxylic acids is 1. The van der Waals surface area contributed by atoms with Gasteiger partial charge in [0, 0.05) is 6.42 Å². The number of carbonyl (C=O) groups is 2. The molecule has 2 aliphatic carbocycles. The normalized spacial score (nSPS) is 19.4. The quantitative estimate of drug-likeness (QED) is 0.340. The van der Waals surface area contributed by atoms with Gasteiger partial charge in [0.05, 0.1) is 23.2 Å². The highest BCUT2D eigenvalue weighted by atomic mass is 19.3. The second-order valence-electron chi connectivity index (χ2n) is 10.7. The molecule has 0 heterocycles. The fourth-order valence-electron chi connectivity index (χ4n) is 4.45. The summed E-state index contributed by atoms with van der Waals surface area (Å²) in [5, 5.41) is 14.8. The summed E-state index contributed by atoms with van der Waals surface area (Å²) in [7, 11) is 0. The molecule has 0 unspecified atom stereocenters. The first-order chi connectivity index (χ1) is 16.8. The van der Waals surface area contributed by atoms with Gasteiger partial charge in [-0.3, -0.25) is 14.9 Å². The summed E-state index contributed by atoms with van der Waals surface area (Å²) >= 11 is 0. The fraction of sp³-hybridized carbons (Fsp3) is 0.481. The topological polar surface area (TPSA) is 104 Å². The van der Waals surface area contributed by atoms with Crippen molar-refractivity contribution in [1.29, 1.82) is 0 Å². The SMILES string of the molecule is CC(C)(F)C[C@H](N[C@@H](c1ccc(-c2ccc(C3(C(=O)O)CC3)cc2)cc1)C(F)F)C(=O)NC1(N)CC1. The lowest BCUT2D eigenvalue weighted by Crippen LogP contribution is -2.54. The molecule has 4 rings (SSSR count). The van der Waals surface area contributed by atoms with E-state index in [-0.39, 0.29) is 12.0 Å². The number of amides is 1. The van der Waals surface area contributed by atoms with E-state index < -0.39 is 47.1 Å². The first-order valence-electron chi connectivity index (χ1n) is 12.1. The number of nitrogens with one attached hydrogen (secondary N) is 2. The molecule has 0 aromatic heterocycles. The van der Waals surface area contributed by atoms with Gasteiger partial charge in [-0.25, -0.2) is 13.2 Å². The molecule has 9 heteroatoms. The summed E-state index contributed by atoms with van der Waals surface area (Å²) in [6, 6.07) is 11.0. The molecule has 0 aliphatic heterocycles. The summed E-state index contributed by atoms with van der Waals surface area (Å²) < 4.78 is 42.6. The second-order valence-corrected chi connectivity index (χ2v) is 10.7. The third-order valence-electron chi connectivity index (χ3n) is 7.00. The highest BCUT2D eigenvalue weighted by Crippen LogP contribution is 2.48. The van der Waals surface area contributed by atoms with E-state index in [0.29, 0.717) is 25.7 Å². The standard InChI is InChI=1S/C27H32F3N3O3/c1-25(2,30)15-20(23(34)33-27(31)13-14-27)32-21(22(28)29)18-5-3-16(4-6-18)17-7-9-19(10-8-17)26(11-12-26)24(35)36/h3-10,20-22,32H,11-15,31H2,1-2H3,(H,33,34)(H,35,36)/t20-,21-/m0/s1. The van der Waals surface area contributed by atoms with Gasteiger partial charge >= 0.3 is 5.97 Å². The molecule has 194 valence electrons. The molecule has 6 nitrogen and oxygen atoms in total. The molecule has 2 aromatic rings. The maximum absolute atomic E-state index is 14.4. The van der Waals surface area contributed by atoms with E-state index in [0.717, 1.165) is 16.7 Å². The predicted molar refractivity (Wildman–Crippen MR) is 130 cm³/mol. The molecule has 0 spiro atoms. The Morgan fingerprint density at radius 3 is 1.94 bits per heavy atom. The van der Waals surface area contributed by atoms with Crippen LogP contribution in [0.4, 0.5) is 13.2 Å². The number of hydrogen-bond acceptors (Lipinski definition) is 4. The lowest BCUT2D eigenvalue weighted by Gasteiger charge is -2.29. The van der Waals surface area contributed by atoms with Crippen molar-refractivity contribution >= 4 is 11.9 Å². The van der Waals surface area contributed by atoms with Crippen LogP contribution >= 0.6 is 0 Å². The number of alkyl halides is 3. The minimum Gasteiger partial charge on any atom is -0.481 e. The smallest absolute Gasteiger partial charge is 0.314 e. The van der Waals surface area contributed by atoms with Crippen molar-refractivity contribution in [3.63, 3.8) is 0 Å². The van der Waals surface area contributed by atoms with E-state index >= 15 is 0 Å². The largest absolute Gasteiger partial charge is 0.481 e. The molecule has 36 heavy (non-hydrogen) atoms. The van der Waals surface area contributed by atoms with Gasteiger partial charge in [0.2, 0.25) is 5.91 Å². The monoisotopic (exact) mass is 503 g/mol. The van der Waals surface area contributed by atoms with Crippen LogP contribution in [0.2, 0.25) is 0 Å². The minimum atomic E-state index is -2.84. The summed E-state index contributed by atoms with van der Waals surface area (Å²) in [6.07, 6.45) is -0.732. The second kappa shape index (κ2) is 9.52. The van der Waals surface area contributed by atoms with Crippen molar-refractivity contribution in [2.75, 3.05) is 0 Å². The van der Waals surface area contributed by atoms with Gasteiger partial charge in [-0.15, -0.1) is 0 Å². The molecular weight excluding hydrogens is 471 g/mol. The van der Waals surface area contributed by atoms with E-state index in [9.17, 15) is 27.9 Å². The zero-order valence-electron chi connectivity index (χ0n) is 20.4. The molecule has 0 radical (unpaired) electrons. The maximum Gasteiger partial charge on any atom is 0.314 e. The van der Waals surface area contributed by atoms with Gasteiger partial charge in [0.25, 0.3) is 6.43 Å². The van der Waals surface area contributed by atoms with Crippen LogP contribution in [0.5, 0.6) is 0 Å². The van der Waals surface area contributed by atoms with Gasteiger partial charge in [0.15, 0.2) is 0 Å². The maximum atomic E-state index is 14.4. The van der Waals surface area contributed by atoms with Crippen molar-refractivity contribution < 1.29 is 27.9 Å². The molecular formula is C27H32F3N3O3. The van der Waals surface area contributed by atoms with Gasteiger partial charge in [0.1, 0.15) is 5.67 Å².